The van der Waals surface area contributed by atoms with Gasteiger partial charge in [-0.25, -0.2) is 0 Å². The molecule has 4 aromatic rings. The average molecular weight is 485 g/mol. The highest BCUT2D eigenvalue weighted by Crippen LogP contribution is 2.51. The Bertz CT molecular complexity index is 1230. The second kappa shape index (κ2) is 10.8. The first-order valence-electron chi connectivity index (χ1n) is 13.2. The summed E-state index contributed by atoms with van der Waals surface area (Å²) in [5, 5.41) is 31.8. The molecule has 6 nitrogen and oxygen atoms in total. The number of para-hydroxylation sites is 2. The quantitative estimate of drug-likeness (QED) is 0.212. The fourth-order valence-electron chi connectivity index (χ4n) is 5.50. The number of aliphatic hydroxyl groups excluding tert-OH is 2. The van der Waals surface area contributed by atoms with Gasteiger partial charge < -0.3 is 20.8 Å². The van der Waals surface area contributed by atoms with Crippen molar-refractivity contribution >= 4 is 33.2 Å². The van der Waals surface area contributed by atoms with Crippen LogP contribution in [-0.2, 0) is 0 Å². The molecule has 6 heteroatoms. The second-order valence-electron chi connectivity index (χ2n) is 9.80. The van der Waals surface area contributed by atoms with Gasteiger partial charge in [-0.2, -0.15) is 0 Å². The number of fused-ring (bicyclic) bond motifs is 2. The smallest absolute Gasteiger partial charge is 0.0936 e. The van der Waals surface area contributed by atoms with E-state index in [1.807, 2.05) is 48.5 Å². The van der Waals surface area contributed by atoms with Crippen LogP contribution in [0.25, 0.3) is 21.8 Å². The number of nitrogens with one attached hydrogen (secondary N) is 2. The van der Waals surface area contributed by atoms with Crippen LogP contribution < -0.4 is 10.6 Å². The number of aromatic nitrogens is 2. The van der Waals surface area contributed by atoms with Crippen molar-refractivity contribution in [3.63, 3.8) is 0 Å². The Morgan fingerprint density at radius 2 is 1.11 bits per heavy atom. The highest BCUT2D eigenvalue weighted by Gasteiger charge is 2.51. The summed E-state index contributed by atoms with van der Waals surface area (Å²) in [6.07, 6.45) is 6.59. The van der Waals surface area contributed by atoms with Crippen LogP contribution in [0.1, 0.15) is 62.5 Å². The number of anilines is 2. The van der Waals surface area contributed by atoms with Crippen molar-refractivity contribution in [3.05, 3.63) is 72.1 Å². The summed E-state index contributed by atoms with van der Waals surface area (Å²) in [6.45, 7) is 6.13. The third kappa shape index (κ3) is 4.40. The average Bonchev–Trinajstić information content (AvgIpc) is 2.90. The van der Waals surface area contributed by atoms with Crippen LogP contribution in [-0.4, -0.2) is 45.5 Å². The van der Waals surface area contributed by atoms with E-state index < -0.39 is 12.2 Å². The lowest BCUT2D eigenvalue weighted by molar-refractivity contribution is -0.0775. The molecule has 2 heterocycles. The van der Waals surface area contributed by atoms with E-state index in [0.29, 0.717) is 0 Å². The van der Waals surface area contributed by atoms with Crippen LogP contribution in [0.15, 0.2) is 60.9 Å². The Labute approximate surface area is 212 Å². The van der Waals surface area contributed by atoms with Crippen LogP contribution in [0.3, 0.4) is 0 Å². The number of unbranched alkanes of at least 4 members (excludes halogenated alkanes) is 2. The number of benzene rings is 2. The van der Waals surface area contributed by atoms with Crippen molar-refractivity contribution in [2.75, 3.05) is 23.7 Å². The molecule has 2 aromatic heterocycles. The molecule has 1 aliphatic carbocycles. The van der Waals surface area contributed by atoms with Gasteiger partial charge in [-0.15, -0.1) is 0 Å². The maximum absolute atomic E-state index is 11.4. The fraction of sp³-hybridized carbons (Fsp3) is 0.400. The molecular weight excluding hydrogens is 448 g/mol. The first-order chi connectivity index (χ1) is 17.7. The Morgan fingerprint density at radius 1 is 0.667 bits per heavy atom. The number of aliphatic hydroxyl groups is 2. The number of rotatable bonds is 10. The van der Waals surface area contributed by atoms with Gasteiger partial charge in [0.25, 0.3) is 0 Å². The SMILES string of the molecule is CCCCNc1cccc2c(C3C(O)C(c4ccnc5c(NCCCC)cccc45)C3O)ccnc12. The van der Waals surface area contributed by atoms with E-state index in [1.165, 1.54) is 0 Å². The minimum Gasteiger partial charge on any atom is -0.392 e. The van der Waals surface area contributed by atoms with E-state index in [9.17, 15) is 10.2 Å². The molecule has 4 N–H and O–H groups in total. The van der Waals surface area contributed by atoms with E-state index in [1.54, 1.807) is 12.4 Å². The van der Waals surface area contributed by atoms with Gasteiger partial charge in [-0.05, 0) is 48.2 Å². The zero-order chi connectivity index (χ0) is 25.1. The molecule has 0 aliphatic heterocycles. The number of nitrogens with zero attached hydrogens (tertiary/aromatic N) is 2. The topological polar surface area (TPSA) is 90.3 Å². The number of hydrogen-bond acceptors (Lipinski definition) is 6. The lowest BCUT2D eigenvalue weighted by Gasteiger charge is -2.47. The Hall–Kier alpha value is -3.22. The van der Waals surface area contributed by atoms with Crippen LogP contribution in [0.4, 0.5) is 11.4 Å². The summed E-state index contributed by atoms with van der Waals surface area (Å²) in [5.41, 5.74) is 5.63. The molecule has 36 heavy (non-hydrogen) atoms. The van der Waals surface area contributed by atoms with Crippen LogP contribution in [0, 0.1) is 0 Å². The zero-order valence-corrected chi connectivity index (χ0v) is 21.1. The molecule has 2 aromatic carbocycles. The van der Waals surface area contributed by atoms with Gasteiger partial charge in [0.1, 0.15) is 0 Å². The standard InChI is InChI=1S/C30H36N4O2/c1-3-5-15-31-23-11-7-9-21-19(13-17-33-27(21)23)25-29(35)26(30(25)36)20-14-18-34-28-22(20)10-8-12-24(28)32-16-6-4-2/h7-14,17-18,25-26,29-32,35-36H,3-6,15-16H2,1-2H3. The molecular formula is C30H36N4O2. The molecule has 0 amide bonds. The monoisotopic (exact) mass is 484 g/mol. The first-order valence-corrected chi connectivity index (χ1v) is 13.2. The van der Waals surface area contributed by atoms with Gasteiger partial charge in [0, 0.05) is 48.1 Å². The summed E-state index contributed by atoms with van der Waals surface area (Å²) in [5.74, 6) is -0.749. The largest absolute Gasteiger partial charge is 0.392 e. The molecule has 5 rings (SSSR count). The van der Waals surface area contributed by atoms with Gasteiger partial charge in [-0.1, -0.05) is 51.0 Å². The minimum absolute atomic E-state index is 0.375. The van der Waals surface area contributed by atoms with E-state index in [4.69, 9.17) is 0 Å². The van der Waals surface area contributed by atoms with E-state index in [2.05, 4.69) is 34.4 Å². The lowest BCUT2D eigenvalue weighted by Crippen LogP contribution is -2.51. The fourth-order valence-corrected chi connectivity index (χ4v) is 5.50. The molecule has 0 bridgehead atoms. The van der Waals surface area contributed by atoms with Crippen LogP contribution in [0.2, 0.25) is 0 Å². The van der Waals surface area contributed by atoms with Crippen molar-refractivity contribution in [1.82, 2.24) is 9.97 Å². The number of hydrogen-bond donors (Lipinski definition) is 4. The maximum atomic E-state index is 11.4. The highest BCUT2D eigenvalue weighted by atomic mass is 16.3. The Kier molecular flexibility index (Phi) is 7.35. The van der Waals surface area contributed by atoms with Gasteiger partial charge in [0.2, 0.25) is 0 Å². The molecule has 0 radical (unpaired) electrons. The molecule has 0 saturated heterocycles. The number of pyridine rings is 2. The van der Waals surface area contributed by atoms with Gasteiger partial charge in [0.15, 0.2) is 0 Å². The third-order valence-electron chi connectivity index (χ3n) is 7.49. The van der Waals surface area contributed by atoms with Gasteiger partial charge in [-0.3, -0.25) is 9.97 Å². The molecule has 1 fully saturated rings. The first kappa shape index (κ1) is 24.5. The zero-order valence-electron chi connectivity index (χ0n) is 21.1. The highest BCUT2D eigenvalue weighted by molar-refractivity contribution is 5.94. The van der Waals surface area contributed by atoms with Crippen LogP contribution >= 0.6 is 0 Å². The summed E-state index contributed by atoms with van der Waals surface area (Å²) < 4.78 is 0. The second-order valence-corrected chi connectivity index (χ2v) is 9.80. The molecule has 1 aliphatic rings. The molecule has 0 atom stereocenters. The normalized spacial score (nSPS) is 21.4. The van der Waals surface area contributed by atoms with Crippen molar-refractivity contribution in [3.8, 4) is 0 Å². The third-order valence-corrected chi connectivity index (χ3v) is 7.49. The van der Waals surface area contributed by atoms with Crippen LogP contribution in [0.5, 0.6) is 0 Å². The molecule has 0 spiro atoms. The van der Waals surface area contributed by atoms with Crippen molar-refractivity contribution in [2.24, 2.45) is 0 Å². The maximum Gasteiger partial charge on any atom is 0.0936 e. The minimum atomic E-state index is -0.704. The summed E-state index contributed by atoms with van der Waals surface area (Å²) in [4.78, 5) is 9.26. The summed E-state index contributed by atoms with van der Waals surface area (Å²) >= 11 is 0. The van der Waals surface area contributed by atoms with Crippen molar-refractivity contribution < 1.29 is 10.2 Å². The van der Waals surface area contributed by atoms with Gasteiger partial charge >= 0.3 is 0 Å². The van der Waals surface area contributed by atoms with E-state index >= 15 is 0 Å². The predicted molar refractivity (Wildman–Crippen MR) is 148 cm³/mol. The summed E-state index contributed by atoms with van der Waals surface area (Å²) in [7, 11) is 0. The molecule has 0 unspecified atom stereocenters. The van der Waals surface area contributed by atoms with Gasteiger partial charge in [0.05, 0.1) is 34.6 Å². The van der Waals surface area contributed by atoms with Crippen molar-refractivity contribution in [2.45, 2.75) is 63.6 Å². The Balaban J connectivity index is 1.45. The molecule has 1 saturated carbocycles. The summed E-state index contributed by atoms with van der Waals surface area (Å²) in [6, 6.07) is 16.1. The Morgan fingerprint density at radius 3 is 1.53 bits per heavy atom. The molecule has 188 valence electrons. The van der Waals surface area contributed by atoms with E-state index in [-0.39, 0.29) is 11.8 Å². The lowest BCUT2D eigenvalue weighted by atomic mass is 9.62. The van der Waals surface area contributed by atoms with E-state index in [0.717, 1.165) is 83.1 Å². The predicted octanol–water partition coefficient (Wildman–Crippen LogP) is 5.81. The van der Waals surface area contributed by atoms with Crippen molar-refractivity contribution in [1.29, 1.82) is 0 Å².